The van der Waals surface area contributed by atoms with E-state index in [-0.39, 0.29) is 24.1 Å². The Morgan fingerprint density at radius 1 is 1.14 bits per heavy atom. The number of hydrogen-bond acceptors (Lipinski definition) is 5. The highest BCUT2D eigenvalue weighted by atomic mass is 35.5. The van der Waals surface area contributed by atoms with Gasteiger partial charge in [0.1, 0.15) is 11.6 Å². The molecule has 6 nitrogen and oxygen atoms in total. The van der Waals surface area contributed by atoms with Crippen LogP contribution in [0.3, 0.4) is 0 Å². The Hall–Kier alpha value is -2.74. The molecule has 28 heavy (non-hydrogen) atoms. The number of nitrogens with zero attached hydrogens (tertiary/aromatic N) is 1. The van der Waals surface area contributed by atoms with E-state index in [1.807, 2.05) is 0 Å². The van der Waals surface area contributed by atoms with Crippen molar-refractivity contribution >= 4 is 34.1 Å². The number of aliphatic hydroxyl groups is 2. The Morgan fingerprint density at radius 3 is 2.68 bits per heavy atom. The van der Waals surface area contributed by atoms with Gasteiger partial charge in [-0.15, -0.1) is 0 Å². The smallest absolute Gasteiger partial charge is 0.251 e. The van der Waals surface area contributed by atoms with Crippen LogP contribution in [0.2, 0.25) is 5.02 Å². The SMILES string of the molecule is O=C(NC(CO)c1ccc(F)c(Cl)c1)c1ccc2cnc(NCCO)cc2c1. The lowest BCUT2D eigenvalue weighted by Gasteiger charge is -2.17. The van der Waals surface area contributed by atoms with Crippen LogP contribution >= 0.6 is 11.6 Å². The molecule has 3 aromatic rings. The lowest BCUT2D eigenvalue weighted by molar-refractivity contribution is 0.0916. The minimum Gasteiger partial charge on any atom is -0.395 e. The second-order valence-electron chi connectivity index (χ2n) is 6.16. The van der Waals surface area contributed by atoms with Gasteiger partial charge in [0.05, 0.1) is 24.3 Å². The van der Waals surface area contributed by atoms with Gasteiger partial charge in [0.25, 0.3) is 5.91 Å². The molecule has 0 saturated carbocycles. The average molecular weight is 404 g/mol. The van der Waals surface area contributed by atoms with Crippen LogP contribution in [-0.4, -0.2) is 40.9 Å². The van der Waals surface area contributed by atoms with E-state index < -0.39 is 11.9 Å². The Bertz CT molecular complexity index is 1000. The number of carbonyl (C=O) groups is 1. The fraction of sp³-hybridized carbons (Fsp3) is 0.200. The number of amides is 1. The van der Waals surface area contributed by atoms with E-state index in [0.717, 1.165) is 10.8 Å². The van der Waals surface area contributed by atoms with Crippen LogP contribution in [0.4, 0.5) is 10.2 Å². The van der Waals surface area contributed by atoms with Crippen LogP contribution in [0.1, 0.15) is 22.0 Å². The van der Waals surface area contributed by atoms with Crippen molar-refractivity contribution in [2.24, 2.45) is 0 Å². The summed E-state index contributed by atoms with van der Waals surface area (Å²) in [5, 5.41) is 25.8. The van der Waals surface area contributed by atoms with Crippen molar-refractivity contribution in [3.05, 3.63) is 70.6 Å². The molecule has 0 fully saturated rings. The van der Waals surface area contributed by atoms with Crippen LogP contribution in [0.25, 0.3) is 10.8 Å². The summed E-state index contributed by atoms with van der Waals surface area (Å²) in [7, 11) is 0. The number of aliphatic hydroxyl groups excluding tert-OH is 2. The van der Waals surface area contributed by atoms with Crippen LogP contribution in [0.15, 0.2) is 48.7 Å². The first kappa shape index (κ1) is 20.0. The molecule has 1 atom stereocenters. The number of aromatic nitrogens is 1. The largest absolute Gasteiger partial charge is 0.395 e. The second-order valence-corrected chi connectivity index (χ2v) is 6.57. The number of rotatable bonds is 7. The van der Waals surface area contributed by atoms with E-state index in [2.05, 4.69) is 15.6 Å². The zero-order valence-corrected chi connectivity index (χ0v) is 15.6. The quantitative estimate of drug-likeness (QED) is 0.486. The number of benzene rings is 2. The van der Waals surface area contributed by atoms with Gasteiger partial charge >= 0.3 is 0 Å². The predicted molar refractivity (Wildman–Crippen MR) is 106 cm³/mol. The van der Waals surface area contributed by atoms with Crippen molar-refractivity contribution in [2.45, 2.75) is 6.04 Å². The molecule has 0 aliphatic heterocycles. The molecule has 0 aliphatic carbocycles. The normalized spacial score (nSPS) is 12.0. The van der Waals surface area contributed by atoms with Crippen molar-refractivity contribution in [1.82, 2.24) is 10.3 Å². The molecule has 4 N–H and O–H groups in total. The molecule has 0 radical (unpaired) electrons. The summed E-state index contributed by atoms with van der Waals surface area (Å²) in [6, 6.07) is 10.2. The maximum absolute atomic E-state index is 13.3. The Labute approximate surface area is 166 Å². The highest BCUT2D eigenvalue weighted by molar-refractivity contribution is 6.30. The minimum absolute atomic E-state index is 0.0158. The summed E-state index contributed by atoms with van der Waals surface area (Å²) >= 11 is 5.79. The fourth-order valence-electron chi connectivity index (χ4n) is 2.77. The summed E-state index contributed by atoms with van der Waals surface area (Å²) in [4.78, 5) is 16.9. The molecule has 2 aromatic carbocycles. The third kappa shape index (κ3) is 4.56. The van der Waals surface area contributed by atoms with Crippen molar-refractivity contribution in [1.29, 1.82) is 0 Å². The molecule has 146 valence electrons. The van der Waals surface area contributed by atoms with Gasteiger partial charge < -0.3 is 20.8 Å². The zero-order chi connectivity index (χ0) is 20.1. The predicted octanol–water partition coefficient (Wildman–Crippen LogP) is 2.89. The first-order valence-electron chi connectivity index (χ1n) is 8.63. The summed E-state index contributed by atoms with van der Waals surface area (Å²) in [6.07, 6.45) is 1.67. The number of carbonyl (C=O) groups excluding carboxylic acids is 1. The van der Waals surface area contributed by atoms with Crippen molar-refractivity contribution < 1.29 is 19.4 Å². The van der Waals surface area contributed by atoms with Gasteiger partial charge in [0.2, 0.25) is 0 Å². The molecule has 0 aliphatic rings. The highest BCUT2D eigenvalue weighted by Gasteiger charge is 2.17. The zero-order valence-electron chi connectivity index (χ0n) is 14.8. The lowest BCUT2D eigenvalue weighted by atomic mass is 10.1. The molecule has 3 rings (SSSR count). The Balaban J connectivity index is 1.81. The number of fused-ring (bicyclic) bond motifs is 1. The molecule has 0 spiro atoms. The van der Waals surface area contributed by atoms with Crippen LogP contribution < -0.4 is 10.6 Å². The van der Waals surface area contributed by atoms with Gasteiger partial charge in [0, 0.05) is 23.7 Å². The van der Waals surface area contributed by atoms with E-state index in [1.165, 1.54) is 18.2 Å². The summed E-state index contributed by atoms with van der Waals surface area (Å²) in [6.45, 7) is -0.00433. The number of halogens is 2. The van der Waals surface area contributed by atoms with E-state index in [4.69, 9.17) is 16.7 Å². The second kappa shape index (κ2) is 8.97. The summed E-state index contributed by atoms with van der Waals surface area (Å²) in [5.74, 6) is -0.362. The van der Waals surface area contributed by atoms with E-state index in [0.29, 0.717) is 23.5 Å². The molecular weight excluding hydrogens is 385 g/mol. The monoisotopic (exact) mass is 403 g/mol. The maximum Gasteiger partial charge on any atom is 0.251 e. The van der Waals surface area contributed by atoms with Gasteiger partial charge in [-0.2, -0.15) is 0 Å². The summed E-state index contributed by atoms with van der Waals surface area (Å²) < 4.78 is 13.3. The summed E-state index contributed by atoms with van der Waals surface area (Å²) in [5.41, 5.74) is 0.904. The molecule has 1 aromatic heterocycles. The number of hydrogen-bond donors (Lipinski definition) is 4. The molecule has 0 saturated heterocycles. The van der Waals surface area contributed by atoms with E-state index in [9.17, 15) is 14.3 Å². The standard InChI is InChI=1S/C20H19ClFN3O3/c21-16-8-12(3-4-17(16)22)18(11-27)25-20(28)13-1-2-14-10-24-19(23-5-6-26)9-15(14)7-13/h1-4,7-10,18,26-27H,5-6,11H2,(H,23,24)(H,25,28). The van der Waals surface area contributed by atoms with Gasteiger partial charge in [-0.1, -0.05) is 23.7 Å². The Kier molecular flexibility index (Phi) is 6.41. The van der Waals surface area contributed by atoms with Crippen molar-refractivity contribution in [2.75, 3.05) is 25.1 Å². The number of pyridine rings is 1. The molecule has 1 heterocycles. The molecule has 8 heteroatoms. The van der Waals surface area contributed by atoms with Gasteiger partial charge in [-0.05, 0) is 41.3 Å². The third-order valence-electron chi connectivity index (χ3n) is 4.24. The van der Waals surface area contributed by atoms with Gasteiger partial charge in [-0.25, -0.2) is 9.37 Å². The number of anilines is 1. The number of nitrogens with one attached hydrogen (secondary N) is 2. The topological polar surface area (TPSA) is 94.5 Å². The third-order valence-corrected chi connectivity index (χ3v) is 4.53. The Morgan fingerprint density at radius 2 is 1.96 bits per heavy atom. The van der Waals surface area contributed by atoms with Crippen LogP contribution in [0, 0.1) is 5.82 Å². The van der Waals surface area contributed by atoms with E-state index in [1.54, 1.807) is 30.5 Å². The lowest BCUT2D eigenvalue weighted by Crippen LogP contribution is -2.30. The maximum atomic E-state index is 13.3. The van der Waals surface area contributed by atoms with Gasteiger partial charge in [0.15, 0.2) is 0 Å². The molecule has 1 amide bonds. The van der Waals surface area contributed by atoms with Gasteiger partial charge in [-0.3, -0.25) is 4.79 Å². The van der Waals surface area contributed by atoms with E-state index >= 15 is 0 Å². The van der Waals surface area contributed by atoms with Crippen LogP contribution in [-0.2, 0) is 0 Å². The molecular formula is C20H19ClFN3O3. The van der Waals surface area contributed by atoms with Crippen LogP contribution in [0.5, 0.6) is 0 Å². The average Bonchev–Trinajstić information content (AvgIpc) is 2.71. The minimum atomic E-state index is -0.722. The highest BCUT2D eigenvalue weighted by Crippen LogP contribution is 2.22. The fourth-order valence-corrected chi connectivity index (χ4v) is 2.96. The van der Waals surface area contributed by atoms with Crippen molar-refractivity contribution in [3.63, 3.8) is 0 Å². The first-order valence-corrected chi connectivity index (χ1v) is 9.01. The molecule has 1 unspecified atom stereocenters. The molecule has 0 bridgehead atoms. The first-order chi connectivity index (χ1) is 13.5. The van der Waals surface area contributed by atoms with Crippen molar-refractivity contribution in [3.8, 4) is 0 Å².